The van der Waals surface area contributed by atoms with E-state index in [0.29, 0.717) is 11.8 Å². The van der Waals surface area contributed by atoms with E-state index in [1.54, 1.807) is 7.11 Å². The Labute approximate surface area is 73.5 Å². The minimum atomic E-state index is -0.375. The molecule has 0 aromatic heterocycles. The van der Waals surface area contributed by atoms with E-state index in [1.807, 2.05) is 0 Å². The van der Waals surface area contributed by atoms with Crippen molar-refractivity contribution >= 4 is 0 Å². The Bertz CT molecular complexity index is 206. The van der Waals surface area contributed by atoms with Gasteiger partial charge < -0.3 is 4.74 Å². The Balaban J connectivity index is 2.10. The molecule has 2 aliphatic carbocycles. The van der Waals surface area contributed by atoms with E-state index in [-0.39, 0.29) is 5.60 Å². The van der Waals surface area contributed by atoms with Gasteiger partial charge in [0, 0.05) is 18.9 Å². The fraction of sp³-hybridized carbons (Fsp3) is 0.900. The minimum Gasteiger partial charge on any atom is -0.363 e. The highest BCUT2D eigenvalue weighted by molar-refractivity contribution is 5.25. The molecule has 2 heteroatoms. The van der Waals surface area contributed by atoms with Gasteiger partial charge >= 0.3 is 0 Å². The summed E-state index contributed by atoms with van der Waals surface area (Å²) in [6.07, 6.45) is 6.32. The molecule has 12 heavy (non-hydrogen) atoms. The highest BCUT2D eigenvalue weighted by Crippen LogP contribution is 2.59. The van der Waals surface area contributed by atoms with Gasteiger partial charge in [0.25, 0.3) is 0 Å². The molecule has 0 spiro atoms. The van der Waals surface area contributed by atoms with Crippen LogP contribution in [0, 0.1) is 23.2 Å². The second-order valence-electron chi connectivity index (χ2n) is 3.96. The van der Waals surface area contributed by atoms with Crippen molar-refractivity contribution in [2.24, 2.45) is 11.8 Å². The van der Waals surface area contributed by atoms with Gasteiger partial charge in [0.2, 0.25) is 0 Å². The zero-order valence-electron chi connectivity index (χ0n) is 7.55. The van der Waals surface area contributed by atoms with Gasteiger partial charge in [0.15, 0.2) is 5.60 Å². The molecular weight excluding hydrogens is 150 g/mol. The second kappa shape index (κ2) is 2.74. The Morgan fingerprint density at radius 3 is 2.25 bits per heavy atom. The first-order valence-corrected chi connectivity index (χ1v) is 4.81. The quantitative estimate of drug-likeness (QED) is 0.596. The Hall–Kier alpha value is -0.550. The average molecular weight is 165 g/mol. The number of fused-ring (bicyclic) bond motifs is 1. The summed E-state index contributed by atoms with van der Waals surface area (Å²) in [5.41, 5.74) is -0.375. The molecule has 2 saturated carbocycles. The molecule has 3 atom stereocenters. The van der Waals surface area contributed by atoms with Crippen molar-refractivity contribution in [1.82, 2.24) is 0 Å². The third kappa shape index (κ3) is 0.895. The Kier molecular flexibility index (Phi) is 1.84. The summed E-state index contributed by atoms with van der Waals surface area (Å²) in [4.78, 5) is 0. The zero-order chi connectivity index (χ0) is 8.60. The third-order valence-electron chi connectivity index (χ3n) is 3.52. The molecule has 2 aliphatic rings. The number of rotatable bonds is 1. The van der Waals surface area contributed by atoms with Crippen LogP contribution in [0.3, 0.4) is 0 Å². The molecule has 2 fully saturated rings. The highest BCUT2D eigenvalue weighted by atomic mass is 16.5. The molecule has 2 rings (SSSR count). The molecule has 0 saturated heterocycles. The number of nitrogens with zero attached hydrogens (tertiary/aromatic N) is 1. The summed E-state index contributed by atoms with van der Waals surface area (Å²) in [6, 6.07) is 2.35. The molecule has 0 heterocycles. The SMILES string of the molecule is COC1(C#N)[C@@H]2CCCCC[C@@H]21. The average Bonchev–Trinajstić information content (AvgIpc) is 2.75. The minimum absolute atomic E-state index is 0.375. The first-order chi connectivity index (χ1) is 5.85. The van der Waals surface area contributed by atoms with Crippen molar-refractivity contribution in [2.45, 2.75) is 37.7 Å². The van der Waals surface area contributed by atoms with Gasteiger partial charge in [-0.3, -0.25) is 0 Å². The van der Waals surface area contributed by atoms with Crippen molar-refractivity contribution < 1.29 is 4.74 Å². The monoisotopic (exact) mass is 165 g/mol. The van der Waals surface area contributed by atoms with Crippen LogP contribution < -0.4 is 0 Å². The van der Waals surface area contributed by atoms with Crippen LogP contribution in [0.2, 0.25) is 0 Å². The Morgan fingerprint density at radius 2 is 1.83 bits per heavy atom. The van der Waals surface area contributed by atoms with Crippen LogP contribution in [0.4, 0.5) is 0 Å². The van der Waals surface area contributed by atoms with E-state index in [1.165, 1.54) is 32.1 Å². The van der Waals surface area contributed by atoms with Crippen LogP contribution >= 0.6 is 0 Å². The summed E-state index contributed by atoms with van der Waals surface area (Å²) >= 11 is 0. The number of hydrogen-bond acceptors (Lipinski definition) is 2. The van der Waals surface area contributed by atoms with Crippen molar-refractivity contribution in [3.05, 3.63) is 0 Å². The van der Waals surface area contributed by atoms with Crippen LogP contribution in [0.15, 0.2) is 0 Å². The summed E-state index contributed by atoms with van der Waals surface area (Å²) in [5, 5.41) is 9.00. The molecule has 1 unspecified atom stereocenters. The third-order valence-corrected chi connectivity index (χ3v) is 3.52. The van der Waals surface area contributed by atoms with E-state index in [4.69, 9.17) is 10.00 Å². The number of methoxy groups -OCH3 is 1. The summed E-state index contributed by atoms with van der Waals surface area (Å²) < 4.78 is 5.34. The van der Waals surface area contributed by atoms with Crippen LogP contribution in [-0.4, -0.2) is 12.7 Å². The van der Waals surface area contributed by atoms with Crippen LogP contribution in [0.25, 0.3) is 0 Å². The summed E-state index contributed by atoms with van der Waals surface area (Å²) in [6.45, 7) is 0. The van der Waals surface area contributed by atoms with Gasteiger partial charge in [-0.15, -0.1) is 0 Å². The van der Waals surface area contributed by atoms with Crippen LogP contribution in [-0.2, 0) is 4.74 Å². The lowest BCUT2D eigenvalue weighted by Gasteiger charge is -2.08. The molecule has 66 valence electrons. The maximum absolute atomic E-state index is 9.00. The molecule has 0 aromatic rings. The molecule has 0 aromatic carbocycles. The lowest BCUT2D eigenvalue weighted by atomic mass is 10.1. The number of ether oxygens (including phenoxy) is 1. The normalized spacial score (nSPS) is 45.7. The van der Waals surface area contributed by atoms with Crippen molar-refractivity contribution in [1.29, 1.82) is 5.26 Å². The topological polar surface area (TPSA) is 33.0 Å². The van der Waals surface area contributed by atoms with E-state index >= 15 is 0 Å². The van der Waals surface area contributed by atoms with Gasteiger partial charge in [-0.25, -0.2) is 0 Å². The molecule has 0 amide bonds. The van der Waals surface area contributed by atoms with Gasteiger partial charge in [-0.2, -0.15) is 5.26 Å². The lowest BCUT2D eigenvalue weighted by molar-refractivity contribution is 0.0974. The van der Waals surface area contributed by atoms with E-state index in [9.17, 15) is 0 Å². The summed E-state index contributed by atoms with van der Waals surface area (Å²) in [5.74, 6) is 1.10. The predicted molar refractivity (Wildman–Crippen MR) is 45.4 cm³/mol. The van der Waals surface area contributed by atoms with Crippen molar-refractivity contribution in [2.75, 3.05) is 7.11 Å². The maximum atomic E-state index is 9.00. The maximum Gasteiger partial charge on any atom is 0.160 e. The molecule has 0 radical (unpaired) electrons. The smallest absolute Gasteiger partial charge is 0.160 e. The second-order valence-corrected chi connectivity index (χ2v) is 3.96. The zero-order valence-corrected chi connectivity index (χ0v) is 7.55. The largest absolute Gasteiger partial charge is 0.363 e. The van der Waals surface area contributed by atoms with E-state index < -0.39 is 0 Å². The number of hydrogen-bond donors (Lipinski definition) is 0. The van der Waals surface area contributed by atoms with Gasteiger partial charge in [0.1, 0.15) is 0 Å². The van der Waals surface area contributed by atoms with Gasteiger partial charge in [0.05, 0.1) is 6.07 Å². The molecule has 0 aliphatic heterocycles. The van der Waals surface area contributed by atoms with Gasteiger partial charge in [-0.1, -0.05) is 19.3 Å². The highest BCUT2D eigenvalue weighted by Gasteiger charge is 2.65. The van der Waals surface area contributed by atoms with Crippen molar-refractivity contribution in [3.63, 3.8) is 0 Å². The lowest BCUT2D eigenvalue weighted by Crippen LogP contribution is -2.14. The fourth-order valence-corrected chi connectivity index (χ4v) is 2.76. The van der Waals surface area contributed by atoms with Crippen molar-refractivity contribution in [3.8, 4) is 6.07 Å². The van der Waals surface area contributed by atoms with E-state index in [0.717, 1.165) is 0 Å². The first kappa shape index (κ1) is 8.07. The molecule has 0 N–H and O–H groups in total. The van der Waals surface area contributed by atoms with Crippen LogP contribution in [0.5, 0.6) is 0 Å². The van der Waals surface area contributed by atoms with Gasteiger partial charge in [-0.05, 0) is 12.8 Å². The van der Waals surface area contributed by atoms with Crippen LogP contribution in [0.1, 0.15) is 32.1 Å². The molecule has 0 bridgehead atoms. The Morgan fingerprint density at radius 1 is 1.25 bits per heavy atom. The summed E-state index contributed by atoms with van der Waals surface area (Å²) in [7, 11) is 1.68. The molecular formula is C10H15NO. The number of nitriles is 1. The first-order valence-electron chi connectivity index (χ1n) is 4.81. The predicted octanol–water partition coefficient (Wildman–Crippen LogP) is 2.11. The molecule has 2 nitrogen and oxygen atoms in total. The standard InChI is InChI=1S/C10H15NO/c1-12-10(7-11)8-5-3-2-4-6-9(8)10/h8-9H,2-6H2,1H3/t8-,9+,10?. The van der Waals surface area contributed by atoms with E-state index in [2.05, 4.69) is 6.07 Å². The fourth-order valence-electron chi connectivity index (χ4n) is 2.76.